The molecular weight excluding hydrogens is 509 g/mol. The van der Waals surface area contributed by atoms with Crippen molar-refractivity contribution in [3.8, 4) is 5.75 Å². The van der Waals surface area contributed by atoms with Gasteiger partial charge in [-0.15, -0.1) is 11.3 Å². The van der Waals surface area contributed by atoms with E-state index in [2.05, 4.69) is 15.8 Å². The molecule has 0 aliphatic heterocycles. The summed E-state index contributed by atoms with van der Waals surface area (Å²) in [5.74, 6) is -1.17. The largest absolute Gasteiger partial charge is 0.422 e. The van der Waals surface area contributed by atoms with Gasteiger partial charge in [0.15, 0.2) is 0 Å². The molecule has 2 amide bonds. The van der Waals surface area contributed by atoms with Gasteiger partial charge in [0.1, 0.15) is 10.6 Å². The summed E-state index contributed by atoms with van der Waals surface area (Å²) in [7, 11) is 0. The Hall–Kier alpha value is -3.72. The van der Waals surface area contributed by atoms with Gasteiger partial charge in [-0.25, -0.2) is 10.2 Å². The third kappa shape index (κ3) is 6.05. The molecule has 4 rings (SSSR count). The number of benzene rings is 3. The normalized spacial score (nSPS) is 10.9. The van der Waals surface area contributed by atoms with Crippen LogP contribution in [0, 0.1) is 0 Å². The van der Waals surface area contributed by atoms with E-state index in [-0.39, 0.29) is 12.1 Å². The highest BCUT2D eigenvalue weighted by Gasteiger charge is 2.19. The van der Waals surface area contributed by atoms with Crippen LogP contribution in [0.1, 0.15) is 25.6 Å². The first-order chi connectivity index (χ1) is 16.9. The van der Waals surface area contributed by atoms with Gasteiger partial charge in [-0.1, -0.05) is 53.5 Å². The Labute approximate surface area is 214 Å². The maximum atomic E-state index is 12.5. The average Bonchev–Trinajstić information content (AvgIpc) is 3.20. The Balaban J connectivity index is 1.27. The highest BCUT2D eigenvalue weighted by Crippen LogP contribution is 2.35. The second-order valence-corrected chi connectivity index (χ2v) is 8.99. The molecule has 0 aliphatic rings. The Morgan fingerprint density at radius 3 is 2.40 bits per heavy atom. The summed E-state index contributed by atoms with van der Waals surface area (Å²) < 4.78 is 6.34. The molecule has 0 bridgehead atoms. The summed E-state index contributed by atoms with van der Waals surface area (Å²) in [6, 6.07) is 20.6. The van der Waals surface area contributed by atoms with E-state index in [1.165, 1.54) is 17.6 Å². The summed E-state index contributed by atoms with van der Waals surface area (Å²) >= 11 is 13.6. The van der Waals surface area contributed by atoms with E-state index in [9.17, 15) is 14.4 Å². The fraction of sp³-hybridized carbons (Fsp3) is 0.0400. The van der Waals surface area contributed by atoms with Gasteiger partial charge in [0, 0.05) is 10.1 Å². The first kappa shape index (κ1) is 24.4. The molecule has 7 nitrogen and oxygen atoms in total. The number of ether oxygens (including phenoxy) is 1. The number of thiophene rings is 1. The Morgan fingerprint density at radius 2 is 1.66 bits per heavy atom. The van der Waals surface area contributed by atoms with E-state index < -0.39 is 17.8 Å². The summed E-state index contributed by atoms with van der Waals surface area (Å²) in [5.41, 5.74) is 3.26. The van der Waals surface area contributed by atoms with Crippen molar-refractivity contribution in [3.63, 3.8) is 0 Å². The van der Waals surface area contributed by atoms with Crippen molar-refractivity contribution >= 4 is 68.6 Å². The van der Waals surface area contributed by atoms with Crippen LogP contribution in [0.3, 0.4) is 0 Å². The van der Waals surface area contributed by atoms with E-state index in [1.807, 2.05) is 24.3 Å². The lowest BCUT2D eigenvalue weighted by Crippen LogP contribution is -2.35. The van der Waals surface area contributed by atoms with Crippen molar-refractivity contribution in [1.82, 2.24) is 10.7 Å². The molecule has 0 spiro atoms. The molecule has 35 heavy (non-hydrogen) atoms. The predicted molar refractivity (Wildman–Crippen MR) is 138 cm³/mol. The number of nitrogens with one attached hydrogen (secondary N) is 2. The maximum absolute atomic E-state index is 12.5. The molecule has 0 saturated carbocycles. The average molecular weight is 526 g/mol. The van der Waals surface area contributed by atoms with Gasteiger partial charge in [0.25, 0.3) is 11.8 Å². The van der Waals surface area contributed by atoms with Crippen LogP contribution in [0.4, 0.5) is 0 Å². The highest BCUT2D eigenvalue weighted by molar-refractivity contribution is 7.21. The zero-order chi connectivity index (χ0) is 24.8. The molecule has 0 fully saturated rings. The summed E-state index contributed by atoms with van der Waals surface area (Å²) in [5, 5.41) is 7.81. The van der Waals surface area contributed by atoms with E-state index in [0.29, 0.717) is 26.2 Å². The van der Waals surface area contributed by atoms with Crippen molar-refractivity contribution in [2.24, 2.45) is 5.10 Å². The number of esters is 1. The molecule has 3 aromatic carbocycles. The quantitative estimate of drug-likeness (QED) is 0.148. The topological polar surface area (TPSA) is 96.9 Å². The van der Waals surface area contributed by atoms with E-state index in [0.717, 1.165) is 10.1 Å². The number of halogens is 2. The van der Waals surface area contributed by atoms with Crippen LogP contribution in [-0.4, -0.2) is 30.5 Å². The zero-order valence-electron chi connectivity index (χ0n) is 18.0. The van der Waals surface area contributed by atoms with Crippen molar-refractivity contribution in [2.45, 2.75) is 0 Å². The van der Waals surface area contributed by atoms with Crippen LogP contribution in [0.2, 0.25) is 10.0 Å². The van der Waals surface area contributed by atoms with Gasteiger partial charge >= 0.3 is 5.97 Å². The predicted octanol–water partition coefficient (Wildman–Crippen LogP) is 5.31. The number of hydrazone groups is 1. The molecule has 10 heteroatoms. The first-order valence-electron chi connectivity index (χ1n) is 10.3. The number of amides is 2. The van der Waals surface area contributed by atoms with Crippen LogP contribution in [-0.2, 0) is 4.79 Å². The minimum atomic E-state index is -0.538. The van der Waals surface area contributed by atoms with Gasteiger partial charge in [0.2, 0.25) is 0 Å². The van der Waals surface area contributed by atoms with Crippen molar-refractivity contribution in [3.05, 3.63) is 98.8 Å². The minimum Gasteiger partial charge on any atom is -0.422 e. The Kier molecular flexibility index (Phi) is 7.77. The number of carbonyl (C=O) groups is 3. The van der Waals surface area contributed by atoms with Crippen LogP contribution in [0.5, 0.6) is 5.75 Å². The molecule has 176 valence electrons. The number of hydrogen-bond donors (Lipinski definition) is 2. The monoisotopic (exact) mass is 525 g/mol. The lowest BCUT2D eigenvalue weighted by Gasteiger charge is -2.05. The van der Waals surface area contributed by atoms with E-state index in [1.54, 1.807) is 48.5 Å². The van der Waals surface area contributed by atoms with E-state index in [4.69, 9.17) is 27.9 Å². The molecule has 1 heterocycles. The zero-order valence-corrected chi connectivity index (χ0v) is 20.3. The van der Waals surface area contributed by atoms with Crippen molar-refractivity contribution < 1.29 is 19.1 Å². The van der Waals surface area contributed by atoms with Gasteiger partial charge < -0.3 is 10.1 Å². The summed E-state index contributed by atoms with van der Waals surface area (Å²) in [6.45, 7) is -0.267. The van der Waals surface area contributed by atoms with E-state index >= 15 is 0 Å². The smallest absolute Gasteiger partial charge is 0.355 e. The second kappa shape index (κ2) is 11.1. The number of carbonyl (C=O) groups excluding carboxylic acids is 3. The number of rotatable bonds is 7. The fourth-order valence-electron chi connectivity index (χ4n) is 3.04. The lowest BCUT2D eigenvalue weighted by atomic mass is 10.2. The maximum Gasteiger partial charge on any atom is 0.355 e. The van der Waals surface area contributed by atoms with Gasteiger partial charge in [-0.2, -0.15) is 5.10 Å². The molecule has 2 N–H and O–H groups in total. The number of nitrogens with zero attached hydrogens (tertiary/aromatic N) is 1. The fourth-order valence-corrected chi connectivity index (χ4v) is 4.65. The second-order valence-electron chi connectivity index (χ2n) is 7.16. The lowest BCUT2D eigenvalue weighted by molar-refractivity contribution is -0.120. The van der Waals surface area contributed by atoms with Gasteiger partial charge in [-0.05, 0) is 48.0 Å². The molecule has 4 aromatic rings. The third-order valence-electron chi connectivity index (χ3n) is 4.74. The molecule has 1 aromatic heterocycles. The van der Waals surface area contributed by atoms with Crippen molar-refractivity contribution in [1.29, 1.82) is 0 Å². The van der Waals surface area contributed by atoms with Gasteiger partial charge in [0.05, 0.1) is 28.4 Å². The first-order valence-corrected chi connectivity index (χ1v) is 11.8. The highest BCUT2D eigenvalue weighted by atomic mass is 35.5. The van der Waals surface area contributed by atoms with Crippen LogP contribution >= 0.6 is 34.5 Å². The van der Waals surface area contributed by atoms with Crippen LogP contribution < -0.4 is 15.5 Å². The Bertz CT molecular complexity index is 1430. The van der Waals surface area contributed by atoms with Crippen LogP contribution in [0.15, 0.2) is 77.9 Å². The molecule has 0 radical (unpaired) electrons. The molecule has 0 aliphatic carbocycles. The summed E-state index contributed by atoms with van der Waals surface area (Å²) in [4.78, 5) is 36.9. The SMILES string of the molecule is O=C(CNC(=O)c1ccccc1Cl)N/N=C\c1ccc(OC(=O)c2sc3ccccc3c2Cl)cc1. The van der Waals surface area contributed by atoms with Crippen LogP contribution in [0.25, 0.3) is 10.1 Å². The number of hydrogen-bond acceptors (Lipinski definition) is 6. The number of fused-ring (bicyclic) bond motifs is 1. The van der Waals surface area contributed by atoms with Crippen molar-refractivity contribution in [2.75, 3.05) is 6.54 Å². The van der Waals surface area contributed by atoms with Gasteiger partial charge in [-0.3, -0.25) is 9.59 Å². The summed E-state index contributed by atoms with van der Waals surface area (Å²) in [6.07, 6.45) is 1.42. The molecule has 0 atom stereocenters. The minimum absolute atomic E-state index is 0.267. The Morgan fingerprint density at radius 1 is 0.943 bits per heavy atom. The standard InChI is InChI=1S/C25H17Cl2N3O4S/c26-19-7-3-1-5-17(19)24(32)28-14-21(31)30-29-13-15-9-11-16(12-10-15)34-25(33)23-22(27)18-6-2-4-8-20(18)35-23/h1-13H,14H2,(H,28,32)(H,30,31)/b29-13-. The third-order valence-corrected chi connectivity index (χ3v) is 6.73. The molecule has 0 unspecified atom stereocenters. The molecular formula is C25H17Cl2N3O4S. The molecule has 0 saturated heterocycles.